The highest BCUT2D eigenvalue weighted by Gasteiger charge is 2.24. The third kappa shape index (κ3) is 13.1. The third-order valence-corrected chi connectivity index (χ3v) is 9.07. The summed E-state index contributed by atoms with van der Waals surface area (Å²) in [4.78, 5) is 113. The molecule has 2 aromatic heterocycles. The van der Waals surface area contributed by atoms with Crippen LogP contribution in [0, 0.1) is 0 Å². The first-order valence-corrected chi connectivity index (χ1v) is 19.0. The lowest BCUT2D eigenvalue weighted by Crippen LogP contribution is -2.41. The van der Waals surface area contributed by atoms with Crippen LogP contribution in [0.5, 0.6) is 0 Å². The predicted molar refractivity (Wildman–Crippen MR) is 231 cm³/mol. The molecule has 4 heterocycles. The van der Waals surface area contributed by atoms with Crippen molar-refractivity contribution in [2.24, 2.45) is 9.98 Å². The van der Waals surface area contributed by atoms with Crippen molar-refractivity contribution in [1.82, 2.24) is 30.6 Å². The van der Waals surface area contributed by atoms with E-state index in [1.807, 2.05) is 0 Å². The number of nitrogen functional groups attached to an aromatic ring is 2. The summed E-state index contributed by atoms with van der Waals surface area (Å²) < 4.78 is 0. The molecule has 2 aliphatic heterocycles. The molecule has 0 radical (unpaired) electrons. The SMILES string of the molecule is Nc1nc2c(c(=O)[nH]1)N=C(CNc1ccc(C(=O)NC(CCC(=O)O)C(=O)O)cc1)CN2.Nc1nc2c(c(=O)[nH]1)N=C(CNc1ccc(C(=O)NC(CCC(=O)O)C(=O)O)cc1)CN2. The van der Waals surface area contributed by atoms with E-state index in [0.717, 1.165) is 0 Å². The number of nitrogens with one attached hydrogen (secondary N) is 8. The van der Waals surface area contributed by atoms with Crippen LogP contribution < -0.4 is 54.5 Å². The van der Waals surface area contributed by atoms with Gasteiger partial charge in [0.1, 0.15) is 12.1 Å². The van der Waals surface area contributed by atoms with Gasteiger partial charge in [-0.1, -0.05) is 0 Å². The lowest BCUT2D eigenvalue weighted by atomic mass is 10.1. The molecule has 26 nitrogen and oxygen atoms in total. The Morgan fingerprint density at radius 3 is 1.28 bits per heavy atom. The zero-order valence-electron chi connectivity index (χ0n) is 33.4. The van der Waals surface area contributed by atoms with E-state index < -0.39 is 58.9 Å². The van der Waals surface area contributed by atoms with Gasteiger partial charge in [0.05, 0.1) is 37.6 Å². The normalized spacial score (nSPS) is 13.2. The molecule has 2 aromatic carbocycles. The number of fused-ring (bicyclic) bond motifs is 2. The Bertz CT molecular complexity index is 2430. The van der Waals surface area contributed by atoms with Crippen LogP contribution in [0.4, 0.5) is 46.3 Å². The average molecular weight is 887 g/mol. The summed E-state index contributed by atoms with van der Waals surface area (Å²) >= 11 is 0. The summed E-state index contributed by atoms with van der Waals surface area (Å²) in [6.45, 7) is 1.36. The minimum absolute atomic E-state index is 0.00119. The number of nitrogens with two attached hydrogens (primary N) is 2. The minimum Gasteiger partial charge on any atom is -0.481 e. The Morgan fingerprint density at radius 2 is 0.953 bits per heavy atom. The number of anilines is 6. The molecule has 0 fully saturated rings. The predicted octanol–water partition coefficient (Wildman–Crippen LogP) is 0.0200. The fraction of sp³-hybridized carbons (Fsp3) is 0.263. The number of aromatic nitrogens is 4. The van der Waals surface area contributed by atoms with Crippen molar-refractivity contribution in [3.8, 4) is 0 Å². The number of nitrogens with zero attached hydrogens (tertiary/aromatic N) is 4. The van der Waals surface area contributed by atoms with Gasteiger partial charge in [0.2, 0.25) is 11.9 Å². The molecule has 16 N–H and O–H groups in total. The van der Waals surface area contributed by atoms with Crippen molar-refractivity contribution >= 4 is 93.4 Å². The number of hydrogen-bond donors (Lipinski definition) is 14. The highest BCUT2D eigenvalue weighted by atomic mass is 16.4. The molecule has 2 atom stereocenters. The topological polar surface area (TPSA) is 424 Å². The van der Waals surface area contributed by atoms with E-state index in [4.69, 9.17) is 31.9 Å². The van der Waals surface area contributed by atoms with Crippen LogP contribution >= 0.6 is 0 Å². The first-order valence-electron chi connectivity index (χ1n) is 19.0. The quantitative estimate of drug-likeness (QED) is 0.0626. The number of aromatic amines is 2. The maximum atomic E-state index is 12.3. The van der Waals surface area contributed by atoms with Gasteiger partial charge in [0.15, 0.2) is 23.0 Å². The van der Waals surface area contributed by atoms with Gasteiger partial charge < -0.3 is 63.8 Å². The van der Waals surface area contributed by atoms with Gasteiger partial charge >= 0.3 is 23.9 Å². The van der Waals surface area contributed by atoms with E-state index in [2.05, 4.69) is 61.8 Å². The van der Waals surface area contributed by atoms with Gasteiger partial charge in [-0.05, 0) is 61.4 Å². The molecule has 0 saturated carbocycles. The molecule has 26 heteroatoms. The van der Waals surface area contributed by atoms with Crippen LogP contribution in [-0.4, -0.2) is 126 Å². The van der Waals surface area contributed by atoms with Gasteiger partial charge in [-0.2, -0.15) is 9.97 Å². The second kappa shape index (κ2) is 21.1. The second-order valence-electron chi connectivity index (χ2n) is 13.8. The number of H-pyrrole nitrogens is 2. The lowest BCUT2D eigenvalue weighted by Gasteiger charge is -2.17. The Labute approximate surface area is 359 Å². The number of amides is 2. The van der Waals surface area contributed by atoms with Crippen molar-refractivity contribution in [2.45, 2.75) is 37.8 Å². The van der Waals surface area contributed by atoms with Gasteiger partial charge in [0.25, 0.3) is 22.9 Å². The lowest BCUT2D eigenvalue weighted by molar-refractivity contribution is -0.142. The first kappa shape index (κ1) is 46.2. The number of benzene rings is 2. The summed E-state index contributed by atoms with van der Waals surface area (Å²) in [5.41, 5.74) is 13.5. The molecular weight excluding hydrogens is 845 g/mol. The van der Waals surface area contributed by atoms with E-state index in [0.29, 0.717) is 60.6 Å². The fourth-order valence-electron chi connectivity index (χ4n) is 5.81. The number of rotatable bonds is 18. The van der Waals surface area contributed by atoms with Gasteiger partial charge in [-0.3, -0.25) is 38.7 Å². The molecule has 0 spiro atoms. The Balaban J connectivity index is 0.000000241. The summed E-state index contributed by atoms with van der Waals surface area (Å²) in [7, 11) is 0. The van der Waals surface area contributed by atoms with Crippen molar-refractivity contribution < 1.29 is 49.2 Å². The van der Waals surface area contributed by atoms with Crippen LogP contribution in [0.25, 0.3) is 0 Å². The van der Waals surface area contributed by atoms with E-state index >= 15 is 0 Å². The molecule has 0 aliphatic carbocycles. The van der Waals surface area contributed by atoms with Gasteiger partial charge in [-0.15, -0.1) is 0 Å². The standard InChI is InChI=1S/2C19H21N7O6/c2*20-19-25-15-14(17(30)26-19)23-11(8-22-15)7-21-10-3-1-9(2-4-10)16(29)24-12(18(31)32)5-6-13(27)28/h2*1-4,12,21H,5-8H2,(H,24,29)(H,27,28)(H,31,32)(H4,20,22,25,26,30). The molecule has 0 saturated heterocycles. The fourth-order valence-corrected chi connectivity index (χ4v) is 5.81. The monoisotopic (exact) mass is 886 g/mol. The number of carboxylic acids is 4. The van der Waals surface area contributed by atoms with Crippen LogP contribution in [0.2, 0.25) is 0 Å². The summed E-state index contributed by atoms with van der Waals surface area (Å²) in [5, 5.41) is 52.5. The molecular formula is C38H42N14O12. The van der Waals surface area contributed by atoms with Crippen LogP contribution in [0.15, 0.2) is 68.1 Å². The summed E-state index contributed by atoms with van der Waals surface area (Å²) in [6.07, 6.45) is -1.20. The van der Waals surface area contributed by atoms with Gasteiger partial charge in [-0.25, -0.2) is 19.6 Å². The number of aliphatic carboxylic acids is 4. The number of carboxylic acid groups (broad SMARTS) is 4. The average Bonchev–Trinajstić information content (AvgIpc) is 3.25. The van der Waals surface area contributed by atoms with Crippen molar-refractivity contribution in [3.63, 3.8) is 0 Å². The highest BCUT2D eigenvalue weighted by molar-refractivity contribution is 6.00. The summed E-state index contributed by atoms with van der Waals surface area (Å²) in [5.74, 6) is -5.54. The molecule has 0 bridgehead atoms. The van der Waals surface area contributed by atoms with Crippen molar-refractivity contribution in [3.05, 3.63) is 80.4 Å². The third-order valence-electron chi connectivity index (χ3n) is 9.07. The smallest absolute Gasteiger partial charge is 0.326 e. The molecule has 336 valence electrons. The zero-order chi connectivity index (χ0) is 46.5. The zero-order valence-corrected chi connectivity index (χ0v) is 33.4. The van der Waals surface area contributed by atoms with E-state index in [1.165, 1.54) is 24.3 Å². The Morgan fingerprint density at radius 1 is 0.594 bits per heavy atom. The highest BCUT2D eigenvalue weighted by Crippen LogP contribution is 2.23. The van der Waals surface area contributed by atoms with E-state index in [-0.39, 0.29) is 60.1 Å². The Kier molecular flexibility index (Phi) is 15.2. The largest absolute Gasteiger partial charge is 0.481 e. The number of carbonyl (C=O) groups excluding carboxylic acids is 2. The molecule has 6 rings (SSSR count). The molecule has 2 amide bonds. The van der Waals surface area contributed by atoms with Crippen molar-refractivity contribution in [1.29, 1.82) is 0 Å². The maximum absolute atomic E-state index is 12.3. The van der Waals surface area contributed by atoms with E-state index in [9.17, 15) is 38.4 Å². The second-order valence-corrected chi connectivity index (χ2v) is 13.8. The van der Waals surface area contributed by atoms with Crippen LogP contribution in [-0.2, 0) is 19.2 Å². The van der Waals surface area contributed by atoms with E-state index in [1.54, 1.807) is 24.3 Å². The van der Waals surface area contributed by atoms with Crippen molar-refractivity contribution in [2.75, 3.05) is 58.9 Å². The molecule has 4 aromatic rings. The number of aliphatic imine (C=N–C) groups is 2. The van der Waals surface area contributed by atoms with Crippen LogP contribution in [0.3, 0.4) is 0 Å². The molecule has 2 aliphatic rings. The molecule has 2 unspecified atom stereocenters. The maximum Gasteiger partial charge on any atom is 0.326 e. The van der Waals surface area contributed by atoms with Crippen LogP contribution in [0.1, 0.15) is 46.4 Å². The summed E-state index contributed by atoms with van der Waals surface area (Å²) in [6, 6.07) is 9.91. The first-order chi connectivity index (χ1) is 30.4. The Hall–Kier alpha value is -8.84. The van der Waals surface area contributed by atoms with Gasteiger partial charge in [0, 0.05) is 35.3 Å². The minimum atomic E-state index is -1.31. The number of carbonyl (C=O) groups is 6. The molecule has 64 heavy (non-hydrogen) atoms. The number of hydrogen-bond acceptors (Lipinski definition) is 18.